The summed E-state index contributed by atoms with van der Waals surface area (Å²) < 4.78 is 0. The van der Waals surface area contributed by atoms with Crippen molar-refractivity contribution in [3.05, 3.63) is 0 Å². The molecule has 0 aromatic carbocycles. The topological polar surface area (TPSA) is 52.7 Å². The Morgan fingerprint density at radius 2 is 2.18 bits per heavy atom. The van der Waals surface area contributed by atoms with Crippen molar-refractivity contribution in [1.82, 2.24) is 15.1 Å². The van der Waals surface area contributed by atoms with Gasteiger partial charge in [0.25, 0.3) is 0 Å². The van der Waals surface area contributed by atoms with Gasteiger partial charge in [-0.05, 0) is 27.4 Å². The van der Waals surface area contributed by atoms with Gasteiger partial charge in [-0.25, -0.2) is 0 Å². The number of hydrogen-bond acceptors (Lipinski definition) is 4. The highest BCUT2D eigenvalue weighted by Gasteiger charge is 2.42. The summed E-state index contributed by atoms with van der Waals surface area (Å²) in [5.74, 6) is -0.0754. The van der Waals surface area contributed by atoms with Gasteiger partial charge in [0.2, 0.25) is 11.8 Å². The number of nitrogens with zero attached hydrogens (tertiary/aromatic N) is 2. The normalized spacial score (nSPS) is 22.6. The van der Waals surface area contributed by atoms with E-state index in [9.17, 15) is 9.59 Å². The van der Waals surface area contributed by atoms with E-state index in [4.69, 9.17) is 0 Å². The first kappa shape index (κ1) is 14.1. The van der Waals surface area contributed by atoms with Crippen molar-refractivity contribution in [2.75, 3.05) is 27.2 Å². The molecule has 0 saturated carbocycles. The number of imide groups is 1. The fourth-order valence-electron chi connectivity index (χ4n) is 2.07. The van der Waals surface area contributed by atoms with E-state index in [1.54, 1.807) is 0 Å². The average molecular weight is 241 g/mol. The molecule has 0 bridgehead atoms. The molecule has 0 aromatic rings. The van der Waals surface area contributed by atoms with Crippen LogP contribution in [0.3, 0.4) is 0 Å². The quantitative estimate of drug-likeness (QED) is 0.668. The Morgan fingerprint density at radius 1 is 1.53 bits per heavy atom. The zero-order valence-electron chi connectivity index (χ0n) is 11.2. The summed E-state index contributed by atoms with van der Waals surface area (Å²) in [6.45, 7) is 5.50. The van der Waals surface area contributed by atoms with E-state index >= 15 is 0 Å². The number of nitrogens with one attached hydrogen (secondary N) is 1. The van der Waals surface area contributed by atoms with Crippen molar-refractivity contribution in [3.63, 3.8) is 0 Å². The summed E-state index contributed by atoms with van der Waals surface area (Å²) in [7, 11) is 3.77. The van der Waals surface area contributed by atoms with Gasteiger partial charge < -0.3 is 5.32 Å². The average Bonchev–Trinajstić information content (AvgIpc) is 2.61. The predicted octanol–water partition coefficient (Wildman–Crippen LogP) is 0.0636. The van der Waals surface area contributed by atoms with Crippen LogP contribution >= 0.6 is 0 Å². The van der Waals surface area contributed by atoms with Crippen LogP contribution in [-0.2, 0) is 9.59 Å². The second-order valence-electron chi connectivity index (χ2n) is 4.66. The highest BCUT2D eigenvalue weighted by molar-refractivity contribution is 6.05. The summed E-state index contributed by atoms with van der Waals surface area (Å²) in [5, 5.41) is 3.04. The van der Waals surface area contributed by atoms with Gasteiger partial charge in [0.05, 0.1) is 12.5 Å². The van der Waals surface area contributed by atoms with E-state index in [0.29, 0.717) is 6.42 Å². The maximum absolute atomic E-state index is 12.2. The van der Waals surface area contributed by atoms with Crippen molar-refractivity contribution < 1.29 is 9.59 Å². The zero-order valence-corrected chi connectivity index (χ0v) is 11.2. The van der Waals surface area contributed by atoms with Crippen LogP contribution in [0, 0.1) is 0 Å². The number of carbonyl (C=O) groups excluding carboxylic acids is 2. The van der Waals surface area contributed by atoms with Gasteiger partial charge in [0.15, 0.2) is 0 Å². The van der Waals surface area contributed by atoms with Gasteiger partial charge in [0, 0.05) is 19.1 Å². The van der Waals surface area contributed by atoms with Gasteiger partial charge >= 0.3 is 0 Å². The number of rotatable bonds is 6. The van der Waals surface area contributed by atoms with E-state index in [1.165, 1.54) is 4.90 Å². The first-order valence-corrected chi connectivity index (χ1v) is 6.23. The van der Waals surface area contributed by atoms with Crippen LogP contribution in [0.15, 0.2) is 0 Å². The summed E-state index contributed by atoms with van der Waals surface area (Å²) >= 11 is 0. The van der Waals surface area contributed by atoms with Crippen molar-refractivity contribution in [2.24, 2.45) is 0 Å². The third-order valence-corrected chi connectivity index (χ3v) is 3.44. The number of amides is 2. The lowest BCUT2D eigenvalue weighted by atomic mass is 10.2. The molecule has 0 spiro atoms. The Kier molecular flexibility index (Phi) is 5.08. The van der Waals surface area contributed by atoms with E-state index in [0.717, 1.165) is 19.5 Å². The van der Waals surface area contributed by atoms with Gasteiger partial charge in [0.1, 0.15) is 0 Å². The lowest BCUT2D eigenvalue weighted by Gasteiger charge is -2.25. The third-order valence-electron chi connectivity index (χ3n) is 3.44. The molecule has 17 heavy (non-hydrogen) atoms. The maximum atomic E-state index is 12.2. The molecule has 0 aliphatic carbocycles. The molecule has 1 aliphatic rings. The van der Waals surface area contributed by atoms with Crippen LogP contribution in [-0.4, -0.2) is 60.9 Å². The van der Waals surface area contributed by atoms with Gasteiger partial charge in [-0.2, -0.15) is 0 Å². The lowest BCUT2D eigenvalue weighted by molar-refractivity contribution is -0.142. The Hall–Kier alpha value is -0.940. The van der Waals surface area contributed by atoms with E-state index < -0.39 is 0 Å². The molecule has 2 amide bonds. The van der Waals surface area contributed by atoms with Crippen molar-refractivity contribution in [1.29, 1.82) is 0 Å². The molecular weight excluding hydrogens is 218 g/mol. The number of carbonyl (C=O) groups is 2. The second kappa shape index (κ2) is 6.12. The van der Waals surface area contributed by atoms with Crippen molar-refractivity contribution in [2.45, 2.75) is 38.8 Å². The second-order valence-corrected chi connectivity index (χ2v) is 4.66. The van der Waals surface area contributed by atoms with Gasteiger partial charge in [-0.15, -0.1) is 0 Å². The predicted molar refractivity (Wildman–Crippen MR) is 66.6 cm³/mol. The molecule has 0 aromatic heterocycles. The molecule has 98 valence electrons. The van der Waals surface area contributed by atoms with Crippen molar-refractivity contribution in [3.8, 4) is 0 Å². The van der Waals surface area contributed by atoms with Crippen LogP contribution in [0.5, 0.6) is 0 Å². The zero-order chi connectivity index (χ0) is 13.0. The molecule has 0 radical (unpaired) electrons. The van der Waals surface area contributed by atoms with Crippen LogP contribution < -0.4 is 5.32 Å². The molecule has 5 heteroatoms. The summed E-state index contributed by atoms with van der Waals surface area (Å²) in [6.07, 6.45) is 1.13. The number of likely N-dealkylation sites (tertiary alicyclic amines) is 1. The molecular formula is C12H23N3O2. The minimum atomic E-state index is -0.273. The molecule has 2 atom stereocenters. The standard InChI is InChI=1S/C12H23N3O2/c1-5-9(2)15-11(16)8-10(12(15)17)14(4)7-6-13-3/h9-10,13H,5-8H2,1-4H3. The summed E-state index contributed by atoms with van der Waals surface area (Å²) in [5.41, 5.74) is 0. The molecule has 1 heterocycles. The number of hydrogen-bond donors (Lipinski definition) is 1. The smallest absolute Gasteiger partial charge is 0.247 e. The minimum absolute atomic E-state index is 0.0118. The van der Waals surface area contributed by atoms with Crippen LogP contribution in [0.2, 0.25) is 0 Å². The molecule has 1 aliphatic heterocycles. The van der Waals surface area contributed by atoms with Crippen LogP contribution in [0.1, 0.15) is 26.7 Å². The van der Waals surface area contributed by atoms with Gasteiger partial charge in [-0.3, -0.25) is 19.4 Å². The third kappa shape index (κ3) is 3.04. The van der Waals surface area contributed by atoms with Crippen molar-refractivity contribution >= 4 is 11.8 Å². The highest BCUT2D eigenvalue weighted by Crippen LogP contribution is 2.21. The van der Waals surface area contributed by atoms with Crippen LogP contribution in [0.4, 0.5) is 0 Å². The number of likely N-dealkylation sites (N-methyl/N-ethyl adjacent to an activating group) is 2. The molecule has 5 nitrogen and oxygen atoms in total. The largest absolute Gasteiger partial charge is 0.318 e. The molecule has 1 saturated heterocycles. The Morgan fingerprint density at radius 3 is 2.71 bits per heavy atom. The van der Waals surface area contributed by atoms with E-state index in [-0.39, 0.29) is 23.9 Å². The molecule has 1 rings (SSSR count). The summed E-state index contributed by atoms with van der Waals surface area (Å²) in [4.78, 5) is 27.4. The minimum Gasteiger partial charge on any atom is -0.318 e. The summed E-state index contributed by atoms with van der Waals surface area (Å²) in [6, 6.07) is -0.262. The van der Waals surface area contributed by atoms with Crippen LogP contribution in [0.25, 0.3) is 0 Å². The first-order chi connectivity index (χ1) is 8.02. The Labute approximate surface area is 103 Å². The van der Waals surface area contributed by atoms with Gasteiger partial charge in [-0.1, -0.05) is 6.92 Å². The molecule has 1 fully saturated rings. The monoisotopic (exact) mass is 241 g/mol. The van der Waals surface area contributed by atoms with E-state index in [1.807, 2.05) is 32.8 Å². The fourth-order valence-corrected chi connectivity index (χ4v) is 2.07. The first-order valence-electron chi connectivity index (χ1n) is 6.23. The molecule has 2 unspecified atom stereocenters. The fraction of sp³-hybridized carbons (Fsp3) is 0.833. The Balaban J connectivity index is 2.67. The molecule has 1 N–H and O–H groups in total. The highest BCUT2D eigenvalue weighted by atomic mass is 16.2. The SMILES string of the molecule is CCC(C)N1C(=O)CC(N(C)CCNC)C1=O. The van der Waals surface area contributed by atoms with E-state index in [2.05, 4.69) is 5.32 Å². The lowest BCUT2D eigenvalue weighted by Crippen LogP contribution is -2.44. The maximum Gasteiger partial charge on any atom is 0.247 e. The Bertz CT molecular complexity index is 293.